The molecule has 1 aromatic rings. The molecule has 2 amide bonds. The predicted octanol–water partition coefficient (Wildman–Crippen LogP) is -0.467. The Kier molecular flexibility index (Phi) is 3.53. The number of rotatable bonds is 2. The summed E-state index contributed by atoms with van der Waals surface area (Å²) < 4.78 is 26.0. The van der Waals surface area contributed by atoms with Crippen LogP contribution in [0.5, 0.6) is 0 Å². The van der Waals surface area contributed by atoms with E-state index in [2.05, 4.69) is 5.32 Å². The summed E-state index contributed by atoms with van der Waals surface area (Å²) in [5, 5.41) is 2.07. The molecule has 7 nitrogen and oxygen atoms in total. The summed E-state index contributed by atoms with van der Waals surface area (Å²) in [6.07, 6.45) is 0. The summed E-state index contributed by atoms with van der Waals surface area (Å²) in [6.45, 7) is 2.53. The normalized spacial score (nSPS) is 17.1. The largest absolute Gasteiger partial charge is 0.399 e. The molecular formula is C12H15N3O4S. The first-order valence-corrected chi connectivity index (χ1v) is 7.35. The van der Waals surface area contributed by atoms with Gasteiger partial charge in [-0.05, 0) is 37.1 Å². The Bertz CT molecular complexity index is 658. The van der Waals surface area contributed by atoms with E-state index in [0.29, 0.717) is 16.8 Å². The minimum atomic E-state index is -3.91. The first-order chi connectivity index (χ1) is 9.21. The average molecular weight is 297 g/mol. The Labute approximate surface area is 116 Å². The minimum Gasteiger partial charge on any atom is -0.399 e. The van der Waals surface area contributed by atoms with Gasteiger partial charge in [-0.2, -0.15) is 4.31 Å². The fourth-order valence-corrected chi connectivity index (χ4v) is 4.06. The number of benzene rings is 1. The topological polar surface area (TPSA) is 110 Å². The van der Waals surface area contributed by atoms with Crippen LogP contribution >= 0.6 is 0 Å². The third-order valence-corrected chi connectivity index (χ3v) is 5.10. The van der Waals surface area contributed by atoms with E-state index in [9.17, 15) is 18.0 Å². The van der Waals surface area contributed by atoms with Crippen LogP contribution in [0.3, 0.4) is 0 Å². The second-order valence-electron chi connectivity index (χ2n) is 4.73. The molecule has 0 spiro atoms. The second kappa shape index (κ2) is 4.88. The Hall–Kier alpha value is -1.93. The number of carbonyl (C=O) groups excluding carboxylic acids is 2. The molecule has 0 saturated carbocycles. The van der Waals surface area contributed by atoms with Crippen molar-refractivity contribution in [2.24, 2.45) is 0 Å². The highest BCUT2D eigenvalue weighted by molar-refractivity contribution is 7.89. The standard InChI is InChI=1S/C12H15N3O4S/c1-7-3-9(13)4-8(2)12(7)20(18,19)15-5-10(16)14-11(17)6-15/h3-4H,5-6,13H2,1-2H3,(H,14,16,17). The third-order valence-electron chi connectivity index (χ3n) is 3.00. The number of nitrogens with zero attached hydrogens (tertiary/aromatic N) is 1. The highest BCUT2D eigenvalue weighted by atomic mass is 32.2. The summed E-state index contributed by atoms with van der Waals surface area (Å²) in [7, 11) is -3.91. The number of hydrogen-bond donors (Lipinski definition) is 2. The first kappa shape index (κ1) is 14.5. The Morgan fingerprint density at radius 2 is 1.55 bits per heavy atom. The Balaban J connectivity index is 2.51. The highest BCUT2D eigenvalue weighted by Gasteiger charge is 2.34. The van der Waals surface area contributed by atoms with E-state index in [1.165, 1.54) is 0 Å². The fraction of sp³-hybridized carbons (Fsp3) is 0.333. The number of anilines is 1. The van der Waals surface area contributed by atoms with E-state index in [4.69, 9.17) is 5.73 Å². The van der Waals surface area contributed by atoms with Gasteiger partial charge < -0.3 is 5.73 Å². The number of sulfonamides is 1. The number of piperazine rings is 1. The molecule has 8 heteroatoms. The maximum atomic E-state index is 12.6. The lowest BCUT2D eigenvalue weighted by Gasteiger charge is -2.26. The molecule has 0 aromatic heterocycles. The van der Waals surface area contributed by atoms with Crippen LogP contribution in [0.25, 0.3) is 0 Å². The summed E-state index contributed by atoms with van der Waals surface area (Å²) in [4.78, 5) is 22.7. The van der Waals surface area contributed by atoms with Crippen molar-refractivity contribution in [1.82, 2.24) is 9.62 Å². The lowest BCUT2D eigenvalue weighted by atomic mass is 10.1. The van der Waals surface area contributed by atoms with Crippen molar-refractivity contribution in [2.45, 2.75) is 18.7 Å². The third kappa shape index (κ3) is 2.52. The van der Waals surface area contributed by atoms with Gasteiger partial charge in [-0.1, -0.05) is 0 Å². The molecule has 1 aromatic carbocycles. The van der Waals surface area contributed by atoms with Crippen molar-refractivity contribution in [3.63, 3.8) is 0 Å². The predicted molar refractivity (Wildman–Crippen MR) is 72.2 cm³/mol. The van der Waals surface area contributed by atoms with Crippen LogP contribution < -0.4 is 11.1 Å². The number of imide groups is 1. The van der Waals surface area contributed by atoms with Crippen LogP contribution in [-0.2, 0) is 19.6 Å². The zero-order valence-corrected chi connectivity index (χ0v) is 12.0. The van der Waals surface area contributed by atoms with Gasteiger partial charge in [0.2, 0.25) is 21.8 Å². The number of aryl methyl sites for hydroxylation is 2. The van der Waals surface area contributed by atoms with Crippen molar-refractivity contribution < 1.29 is 18.0 Å². The summed E-state index contributed by atoms with van der Waals surface area (Å²) in [6, 6.07) is 3.09. The molecule has 0 unspecified atom stereocenters. The van der Waals surface area contributed by atoms with Crippen molar-refractivity contribution in [2.75, 3.05) is 18.8 Å². The van der Waals surface area contributed by atoms with Gasteiger partial charge in [0.15, 0.2) is 0 Å². The fourth-order valence-electron chi connectivity index (χ4n) is 2.30. The monoisotopic (exact) mass is 297 g/mol. The average Bonchev–Trinajstić information content (AvgIpc) is 2.25. The molecule has 20 heavy (non-hydrogen) atoms. The number of nitrogens with one attached hydrogen (secondary N) is 1. The van der Waals surface area contributed by atoms with Crippen LogP contribution in [0.1, 0.15) is 11.1 Å². The lowest BCUT2D eigenvalue weighted by molar-refractivity contribution is -0.134. The number of nitrogen functional groups attached to an aromatic ring is 1. The molecule has 1 aliphatic rings. The van der Waals surface area contributed by atoms with Gasteiger partial charge in [-0.3, -0.25) is 14.9 Å². The van der Waals surface area contributed by atoms with Crippen molar-refractivity contribution in [1.29, 1.82) is 0 Å². The zero-order chi connectivity index (χ0) is 15.1. The van der Waals surface area contributed by atoms with Gasteiger partial charge in [-0.15, -0.1) is 0 Å². The number of nitrogens with two attached hydrogens (primary N) is 1. The van der Waals surface area contributed by atoms with E-state index in [0.717, 1.165) is 4.31 Å². The van der Waals surface area contributed by atoms with Gasteiger partial charge in [0.05, 0.1) is 18.0 Å². The van der Waals surface area contributed by atoms with E-state index >= 15 is 0 Å². The number of carbonyl (C=O) groups is 2. The number of amides is 2. The van der Waals surface area contributed by atoms with E-state index in [-0.39, 0.29) is 18.0 Å². The van der Waals surface area contributed by atoms with E-state index in [1.54, 1.807) is 26.0 Å². The Morgan fingerprint density at radius 1 is 1.10 bits per heavy atom. The molecule has 1 heterocycles. The molecule has 1 saturated heterocycles. The smallest absolute Gasteiger partial charge is 0.244 e. The van der Waals surface area contributed by atoms with Crippen molar-refractivity contribution in [3.05, 3.63) is 23.3 Å². The quantitative estimate of drug-likeness (QED) is 0.566. The molecule has 1 fully saturated rings. The van der Waals surface area contributed by atoms with Crippen LogP contribution in [0.4, 0.5) is 5.69 Å². The molecule has 1 aliphatic heterocycles. The first-order valence-electron chi connectivity index (χ1n) is 5.91. The van der Waals surface area contributed by atoms with E-state index < -0.39 is 21.8 Å². The van der Waals surface area contributed by atoms with Crippen LogP contribution in [0, 0.1) is 13.8 Å². The van der Waals surface area contributed by atoms with Crippen LogP contribution in [-0.4, -0.2) is 37.6 Å². The van der Waals surface area contributed by atoms with Crippen LogP contribution in [0.2, 0.25) is 0 Å². The molecule has 0 radical (unpaired) electrons. The lowest BCUT2D eigenvalue weighted by Crippen LogP contribution is -2.53. The molecule has 2 rings (SSSR count). The zero-order valence-electron chi connectivity index (χ0n) is 11.1. The SMILES string of the molecule is Cc1cc(N)cc(C)c1S(=O)(=O)N1CC(=O)NC(=O)C1. The van der Waals surface area contributed by atoms with Crippen molar-refractivity contribution >= 4 is 27.5 Å². The second-order valence-corrected chi connectivity index (χ2v) is 6.60. The van der Waals surface area contributed by atoms with Crippen LogP contribution in [0.15, 0.2) is 17.0 Å². The molecule has 0 atom stereocenters. The molecule has 0 aliphatic carbocycles. The number of hydrogen-bond acceptors (Lipinski definition) is 5. The van der Waals surface area contributed by atoms with Gasteiger partial charge in [-0.25, -0.2) is 8.42 Å². The van der Waals surface area contributed by atoms with E-state index in [1.807, 2.05) is 0 Å². The molecule has 0 bridgehead atoms. The molecule has 108 valence electrons. The van der Waals surface area contributed by atoms with Gasteiger partial charge in [0, 0.05) is 5.69 Å². The Morgan fingerprint density at radius 3 is 2.00 bits per heavy atom. The maximum absolute atomic E-state index is 12.6. The summed E-state index contributed by atoms with van der Waals surface area (Å²) in [5.41, 5.74) is 7.11. The summed E-state index contributed by atoms with van der Waals surface area (Å²) in [5.74, 6) is -1.26. The minimum absolute atomic E-state index is 0.0919. The van der Waals surface area contributed by atoms with Crippen molar-refractivity contribution in [3.8, 4) is 0 Å². The summed E-state index contributed by atoms with van der Waals surface area (Å²) >= 11 is 0. The molecule has 3 N–H and O–H groups in total. The maximum Gasteiger partial charge on any atom is 0.244 e. The van der Waals surface area contributed by atoms with Gasteiger partial charge >= 0.3 is 0 Å². The van der Waals surface area contributed by atoms with Gasteiger partial charge in [0.25, 0.3) is 0 Å². The highest BCUT2D eigenvalue weighted by Crippen LogP contribution is 2.26. The molecular weight excluding hydrogens is 282 g/mol. The van der Waals surface area contributed by atoms with Gasteiger partial charge in [0.1, 0.15) is 0 Å².